The molecule has 0 amide bonds. The molecule has 0 rings (SSSR count). The van der Waals surface area contributed by atoms with Crippen LogP contribution in [-0.4, -0.2) is 37.2 Å². The molecule has 0 aromatic heterocycles. The lowest BCUT2D eigenvalue weighted by atomic mass is 10.1. The van der Waals surface area contributed by atoms with Gasteiger partial charge < -0.3 is 14.2 Å². The molecule has 0 aliphatic carbocycles. The maximum absolute atomic E-state index is 12.8. The van der Waals surface area contributed by atoms with E-state index >= 15 is 0 Å². The molecule has 368 valence electrons. The van der Waals surface area contributed by atoms with Gasteiger partial charge in [-0.2, -0.15) is 0 Å². The summed E-state index contributed by atoms with van der Waals surface area (Å²) in [5.74, 6) is -1.02. The molecule has 0 aliphatic heterocycles. The number of ether oxygens (including phenoxy) is 3. The molecule has 0 aliphatic rings. The van der Waals surface area contributed by atoms with Crippen LogP contribution in [0.5, 0.6) is 0 Å². The van der Waals surface area contributed by atoms with Crippen molar-refractivity contribution in [2.45, 2.75) is 232 Å². The smallest absolute Gasteiger partial charge is 0.306 e. The second-order valence-corrected chi connectivity index (χ2v) is 17.1. The lowest BCUT2D eigenvalue weighted by Gasteiger charge is -2.18. The van der Waals surface area contributed by atoms with E-state index in [1.807, 2.05) is 36.5 Å². The van der Waals surface area contributed by atoms with E-state index < -0.39 is 6.10 Å². The molecule has 0 saturated carbocycles. The van der Waals surface area contributed by atoms with Gasteiger partial charge in [0.25, 0.3) is 0 Å². The molecule has 1 unspecified atom stereocenters. The first kappa shape index (κ1) is 61.1. The lowest BCUT2D eigenvalue weighted by Crippen LogP contribution is -2.30. The third-order valence-electron chi connectivity index (χ3n) is 10.8. The first-order valence-corrected chi connectivity index (χ1v) is 26.4. The van der Waals surface area contributed by atoms with Crippen molar-refractivity contribution in [3.05, 3.63) is 109 Å². The summed E-state index contributed by atoms with van der Waals surface area (Å²) < 4.78 is 16.7. The fraction of sp³-hybridized carbons (Fsp3) is 0.644. The third kappa shape index (κ3) is 50.9. The van der Waals surface area contributed by atoms with Crippen LogP contribution in [0.2, 0.25) is 0 Å². The van der Waals surface area contributed by atoms with Gasteiger partial charge in [-0.25, -0.2) is 0 Å². The number of allylic oxidation sites excluding steroid dienone is 18. The summed E-state index contributed by atoms with van der Waals surface area (Å²) >= 11 is 0. The monoisotopic (exact) mass is 901 g/mol. The molecular weight excluding hydrogens is 805 g/mol. The topological polar surface area (TPSA) is 78.9 Å². The van der Waals surface area contributed by atoms with Crippen molar-refractivity contribution in [3.8, 4) is 0 Å². The quantitative estimate of drug-likeness (QED) is 0.0199. The minimum Gasteiger partial charge on any atom is -0.462 e. The van der Waals surface area contributed by atoms with Gasteiger partial charge in [-0.3, -0.25) is 14.4 Å². The maximum atomic E-state index is 12.8. The summed E-state index contributed by atoms with van der Waals surface area (Å²) in [5.41, 5.74) is 0. The minimum absolute atomic E-state index is 0.119. The average Bonchev–Trinajstić information content (AvgIpc) is 3.30. The van der Waals surface area contributed by atoms with Crippen molar-refractivity contribution < 1.29 is 28.6 Å². The Morgan fingerprint density at radius 1 is 0.338 bits per heavy atom. The number of hydrogen-bond acceptors (Lipinski definition) is 6. The van der Waals surface area contributed by atoms with Crippen LogP contribution >= 0.6 is 0 Å². The number of unbranched alkanes of at least 4 members (excludes halogenated alkanes) is 20. The van der Waals surface area contributed by atoms with Crippen molar-refractivity contribution in [1.82, 2.24) is 0 Å². The molecule has 65 heavy (non-hydrogen) atoms. The summed E-state index contributed by atoms with van der Waals surface area (Å²) in [6, 6.07) is 0. The van der Waals surface area contributed by atoms with Crippen LogP contribution in [0.4, 0.5) is 0 Å². The molecule has 0 saturated heterocycles. The Balaban J connectivity index is 4.54. The molecule has 6 heteroatoms. The highest BCUT2D eigenvalue weighted by atomic mass is 16.6. The fourth-order valence-corrected chi connectivity index (χ4v) is 6.85. The molecule has 1 atom stereocenters. The molecule has 0 bridgehead atoms. The number of carbonyl (C=O) groups excluding carboxylic acids is 3. The van der Waals surface area contributed by atoms with E-state index in [9.17, 15) is 14.4 Å². The highest BCUT2D eigenvalue weighted by molar-refractivity contribution is 5.71. The van der Waals surface area contributed by atoms with Crippen molar-refractivity contribution in [1.29, 1.82) is 0 Å². The van der Waals surface area contributed by atoms with Gasteiger partial charge in [0.1, 0.15) is 13.2 Å². The van der Waals surface area contributed by atoms with Gasteiger partial charge >= 0.3 is 17.9 Å². The summed E-state index contributed by atoms with van der Waals surface area (Å²) in [5, 5.41) is 0. The Morgan fingerprint density at radius 3 is 1.20 bits per heavy atom. The Bertz CT molecular complexity index is 1360. The summed E-state index contributed by atoms with van der Waals surface area (Å²) in [6.45, 7) is 6.37. The van der Waals surface area contributed by atoms with Gasteiger partial charge in [0.2, 0.25) is 0 Å². The summed E-state index contributed by atoms with van der Waals surface area (Å²) in [7, 11) is 0. The lowest BCUT2D eigenvalue weighted by molar-refractivity contribution is -0.167. The average molecular weight is 901 g/mol. The minimum atomic E-state index is -0.820. The van der Waals surface area contributed by atoms with Crippen LogP contribution < -0.4 is 0 Å². The zero-order valence-electron chi connectivity index (χ0n) is 42.0. The Labute approximate surface area is 400 Å². The van der Waals surface area contributed by atoms with Gasteiger partial charge in [0.05, 0.1) is 0 Å². The molecule has 0 aromatic carbocycles. The van der Waals surface area contributed by atoms with Crippen LogP contribution in [0.15, 0.2) is 109 Å². The van der Waals surface area contributed by atoms with Crippen molar-refractivity contribution in [2.24, 2.45) is 0 Å². The maximum Gasteiger partial charge on any atom is 0.306 e. The van der Waals surface area contributed by atoms with E-state index in [0.717, 1.165) is 77.0 Å². The van der Waals surface area contributed by atoms with Crippen LogP contribution in [-0.2, 0) is 28.6 Å². The van der Waals surface area contributed by atoms with E-state index in [2.05, 4.69) is 93.7 Å². The van der Waals surface area contributed by atoms with Crippen molar-refractivity contribution in [2.75, 3.05) is 13.2 Å². The Hall–Kier alpha value is -3.93. The third-order valence-corrected chi connectivity index (χ3v) is 10.8. The molecule has 6 nitrogen and oxygen atoms in total. The fourth-order valence-electron chi connectivity index (χ4n) is 6.85. The molecule has 0 fully saturated rings. The van der Waals surface area contributed by atoms with E-state index in [0.29, 0.717) is 19.3 Å². The second kappa shape index (κ2) is 52.7. The Kier molecular flexibility index (Phi) is 49.5. The number of rotatable bonds is 46. The molecule has 0 heterocycles. The number of carbonyl (C=O) groups is 3. The predicted molar refractivity (Wildman–Crippen MR) is 279 cm³/mol. The first-order chi connectivity index (χ1) is 32.0. The van der Waals surface area contributed by atoms with Crippen LogP contribution in [0.3, 0.4) is 0 Å². The van der Waals surface area contributed by atoms with Crippen LogP contribution in [0, 0.1) is 0 Å². The highest BCUT2D eigenvalue weighted by Crippen LogP contribution is 2.13. The first-order valence-electron chi connectivity index (χ1n) is 26.4. The standard InChI is InChI=1S/C59H96O6/c1-4-7-10-13-16-19-22-25-27-29-31-34-37-40-43-46-49-52-58(61)64-55-56(54-63-57(60)51-48-45-42-39-36-33-24-21-18-15-12-9-6-3)65-59(62)53-50-47-44-41-38-35-32-30-28-26-23-20-17-14-11-8-5-2/h9,12,15-16,18-19,21,24-28,31,33-34,36,40,43,56H,4-8,10-11,13-14,17,20,22-23,29-30,32,35,37-39,41-42,44-55H2,1-3H3/b12-9+,18-15+,19-16+,24-21+,27-25+,28-26+,34-31+,36-33+,43-40+. The number of esters is 3. The Morgan fingerprint density at radius 2 is 0.677 bits per heavy atom. The van der Waals surface area contributed by atoms with E-state index in [1.54, 1.807) is 0 Å². The van der Waals surface area contributed by atoms with Gasteiger partial charge in [0, 0.05) is 19.3 Å². The van der Waals surface area contributed by atoms with Crippen LogP contribution in [0.1, 0.15) is 226 Å². The SMILES string of the molecule is CC/C=C/C=C/C=C/C=C/CCCCCC(=O)OCC(COC(=O)CCC/C=C/C/C=C/C/C=C/C/C=C/CCCCC)OC(=O)CCCCCCCCC/C=C/CCCCCCCC. The van der Waals surface area contributed by atoms with E-state index in [-0.39, 0.29) is 37.5 Å². The van der Waals surface area contributed by atoms with Gasteiger partial charge in [-0.05, 0) is 103 Å². The summed E-state index contributed by atoms with van der Waals surface area (Å²) in [4.78, 5) is 38.0. The summed E-state index contributed by atoms with van der Waals surface area (Å²) in [6.07, 6.45) is 70.8. The molecule has 0 spiro atoms. The molecule has 0 N–H and O–H groups in total. The molecule has 0 radical (unpaired) electrons. The van der Waals surface area contributed by atoms with Crippen molar-refractivity contribution >= 4 is 17.9 Å². The zero-order chi connectivity index (χ0) is 47.2. The largest absolute Gasteiger partial charge is 0.462 e. The number of hydrogen-bond donors (Lipinski definition) is 0. The van der Waals surface area contributed by atoms with Gasteiger partial charge in [-0.15, -0.1) is 0 Å². The zero-order valence-corrected chi connectivity index (χ0v) is 42.0. The van der Waals surface area contributed by atoms with Crippen LogP contribution in [0.25, 0.3) is 0 Å². The normalized spacial score (nSPS) is 13.0. The van der Waals surface area contributed by atoms with Gasteiger partial charge in [0.15, 0.2) is 6.10 Å². The van der Waals surface area contributed by atoms with Crippen molar-refractivity contribution in [3.63, 3.8) is 0 Å². The van der Waals surface area contributed by atoms with E-state index in [1.165, 1.54) is 103 Å². The highest BCUT2D eigenvalue weighted by Gasteiger charge is 2.19. The van der Waals surface area contributed by atoms with E-state index in [4.69, 9.17) is 14.2 Å². The molecular formula is C59H96O6. The van der Waals surface area contributed by atoms with Gasteiger partial charge in [-0.1, -0.05) is 214 Å². The molecule has 0 aromatic rings. The predicted octanol–water partition coefficient (Wildman–Crippen LogP) is 17.5. The second-order valence-electron chi connectivity index (χ2n) is 17.1.